The molecule has 0 radical (unpaired) electrons. The molecule has 19 heavy (non-hydrogen) atoms. The fourth-order valence-corrected chi connectivity index (χ4v) is 2.65. The normalized spacial score (nSPS) is 24.9. The maximum absolute atomic E-state index is 4.47. The lowest BCUT2D eigenvalue weighted by Crippen LogP contribution is -2.55. The van der Waals surface area contributed by atoms with Gasteiger partial charge in [0.1, 0.15) is 0 Å². The summed E-state index contributed by atoms with van der Waals surface area (Å²) in [6, 6.07) is 1.17. The van der Waals surface area contributed by atoms with E-state index in [1.54, 1.807) is 0 Å². The zero-order chi connectivity index (χ0) is 13.8. The Hall–Kier alpha value is -1.00. The van der Waals surface area contributed by atoms with Crippen LogP contribution in [0.25, 0.3) is 0 Å². The Bertz CT molecular complexity index is 388. The van der Waals surface area contributed by atoms with E-state index in [9.17, 15) is 0 Å². The van der Waals surface area contributed by atoms with E-state index in [0.29, 0.717) is 12.1 Å². The van der Waals surface area contributed by atoms with Gasteiger partial charge >= 0.3 is 0 Å². The molecule has 2 atom stereocenters. The fraction of sp³-hybridized carbons (Fsp3) is 0.733. The summed E-state index contributed by atoms with van der Waals surface area (Å²) in [5.74, 6) is 0.743. The van der Waals surface area contributed by atoms with Crippen LogP contribution in [0.3, 0.4) is 0 Å². The molecule has 1 N–H and O–H groups in total. The molecular formula is C15H26N4. The molecule has 0 spiro atoms. The third-order valence-corrected chi connectivity index (χ3v) is 3.74. The molecule has 4 nitrogen and oxygen atoms in total. The van der Waals surface area contributed by atoms with Gasteiger partial charge in [0.05, 0.1) is 11.4 Å². The maximum Gasteiger partial charge on any atom is 0.0727 e. The van der Waals surface area contributed by atoms with E-state index in [1.807, 2.05) is 19.3 Å². The molecule has 0 aromatic carbocycles. The summed E-state index contributed by atoms with van der Waals surface area (Å²) >= 11 is 0. The van der Waals surface area contributed by atoms with Crippen LogP contribution in [0.1, 0.15) is 38.6 Å². The molecule has 2 heterocycles. The van der Waals surface area contributed by atoms with Gasteiger partial charge in [0.2, 0.25) is 0 Å². The minimum absolute atomic E-state index is 0.562. The van der Waals surface area contributed by atoms with Crippen molar-refractivity contribution in [2.45, 2.75) is 52.7 Å². The van der Waals surface area contributed by atoms with Crippen molar-refractivity contribution in [2.75, 3.05) is 13.1 Å². The minimum Gasteiger partial charge on any atom is -0.311 e. The van der Waals surface area contributed by atoms with Crippen molar-refractivity contribution in [3.8, 4) is 0 Å². The van der Waals surface area contributed by atoms with Gasteiger partial charge < -0.3 is 5.32 Å². The van der Waals surface area contributed by atoms with E-state index < -0.39 is 0 Å². The van der Waals surface area contributed by atoms with Crippen LogP contribution in [-0.4, -0.2) is 40.0 Å². The van der Waals surface area contributed by atoms with E-state index in [4.69, 9.17) is 0 Å². The van der Waals surface area contributed by atoms with Gasteiger partial charge in [0, 0.05) is 44.1 Å². The quantitative estimate of drug-likeness (QED) is 0.901. The van der Waals surface area contributed by atoms with Crippen LogP contribution in [0.15, 0.2) is 12.4 Å². The second-order valence-corrected chi connectivity index (χ2v) is 6.16. The Morgan fingerprint density at radius 2 is 2.16 bits per heavy atom. The SMILES string of the molecule is Cc1cnc(CN2CC(CC(C)C)NCC2C)cn1. The molecule has 1 aliphatic heterocycles. The van der Waals surface area contributed by atoms with Gasteiger partial charge in [-0.05, 0) is 26.2 Å². The van der Waals surface area contributed by atoms with Gasteiger partial charge in [-0.2, -0.15) is 0 Å². The summed E-state index contributed by atoms with van der Waals surface area (Å²) in [7, 11) is 0. The Morgan fingerprint density at radius 3 is 2.79 bits per heavy atom. The van der Waals surface area contributed by atoms with Crippen molar-refractivity contribution in [1.29, 1.82) is 0 Å². The molecule has 2 rings (SSSR count). The number of hydrogen-bond acceptors (Lipinski definition) is 4. The molecule has 2 unspecified atom stereocenters. The average Bonchev–Trinajstić information content (AvgIpc) is 2.35. The maximum atomic E-state index is 4.47. The van der Waals surface area contributed by atoms with E-state index in [1.165, 1.54) is 6.42 Å². The van der Waals surface area contributed by atoms with Crippen LogP contribution in [0.2, 0.25) is 0 Å². The van der Waals surface area contributed by atoms with Crippen LogP contribution in [-0.2, 0) is 6.54 Å². The average molecular weight is 262 g/mol. The molecule has 1 aromatic rings. The summed E-state index contributed by atoms with van der Waals surface area (Å²) in [5, 5.41) is 3.65. The molecule has 0 amide bonds. The van der Waals surface area contributed by atoms with Crippen molar-refractivity contribution in [2.24, 2.45) is 5.92 Å². The zero-order valence-corrected chi connectivity index (χ0v) is 12.6. The minimum atomic E-state index is 0.562. The summed E-state index contributed by atoms with van der Waals surface area (Å²) in [4.78, 5) is 11.3. The van der Waals surface area contributed by atoms with Crippen LogP contribution in [0.4, 0.5) is 0 Å². The topological polar surface area (TPSA) is 41.1 Å². The third kappa shape index (κ3) is 4.25. The van der Waals surface area contributed by atoms with Crippen molar-refractivity contribution < 1.29 is 0 Å². The lowest BCUT2D eigenvalue weighted by atomic mass is 10.00. The second kappa shape index (κ2) is 6.44. The van der Waals surface area contributed by atoms with Gasteiger partial charge in [0.15, 0.2) is 0 Å². The molecule has 0 bridgehead atoms. The number of nitrogens with zero attached hydrogens (tertiary/aromatic N) is 3. The molecule has 1 fully saturated rings. The molecular weight excluding hydrogens is 236 g/mol. The van der Waals surface area contributed by atoms with Gasteiger partial charge in [0.25, 0.3) is 0 Å². The van der Waals surface area contributed by atoms with Crippen molar-refractivity contribution in [1.82, 2.24) is 20.2 Å². The van der Waals surface area contributed by atoms with Gasteiger partial charge in [-0.25, -0.2) is 0 Å². The summed E-state index contributed by atoms with van der Waals surface area (Å²) in [5.41, 5.74) is 2.05. The standard InChI is InChI=1S/C15H26N4/c1-11(2)5-14-9-19(13(4)7-18-14)10-15-8-16-12(3)6-17-15/h6,8,11,13-14,18H,5,7,9-10H2,1-4H3. The van der Waals surface area contributed by atoms with E-state index in [-0.39, 0.29) is 0 Å². The molecule has 1 saturated heterocycles. The lowest BCUT2D eigenvalue weighted by molar-refractivity contribution is 0.123. The Balaban J connectivity index is 1.95. The molecule has 0 aliphatic carbocycles. The molecule has 106 valence electrons. The zero-order valence-electron chi connectivity index (χ0n) is 12.6. The molecule has 0 saturated carbocycles. The number of rotatable bonds is 4. The van der Waals surface area contributed by atoms with Crippen LogP contribution in [0, 0.1) is 12.8 Å². The number of aromatic nitrogens is 2. The van der Waals surface area contributed by atoms with Crippen LogP contribution >= 0.6 is 0 Å². The summed E-state index contributed by atoms with van der Waals surface area (Å²) in [6.45, 7) is 11.9. The Kier molecular flexibility index (Phi) is 4.88. The number of aryl methyl sites for hydroxylation is 1. The summed E-state index contributed by atoms with van der Waals surface area (Å²) < 4.78 is 0. The highest BCUT2D eigenvalue weighted by Gasteiger charge is 2.25. The predicted octanol–water partition coefficient (Wildman–Crippen LogP) is 1.99. The highest BCUT2D eigenvalue weighted by atomic mass is 15.2. The smallest absolute Gasteiger partial charge is 0.0727 e. The summed E-state index contributed by atoms with van der Waals surface area (Å²) in [6.07, 6.45) is 5.00. The molecule has 1 aliphatic rings. The first-order valence-corrected chi connectivity index (χ1v) is 7.29. The number of hydrogen-bond donors (Lipinski definition) is 1. The first kappa shape index (κ1) is 14.4. The van der Waals surface area contributed by atoms with Crippen LogP contribution < -0.4 is 5.32 Å². The predicted molar refractivity (Wildman–Crippen MR) is 77.9 cm³/mol. The van der Waals surface area contributed by atoms with Gasteiger partial charge in [-0.15, -0.1) is 0 Å². The number of piperazine rings is 1. The Labute approximate surface area is 116 Å². The van der Waals surface area contributed by atoms with Crippen LogP contribution in [0.5, 0.6) is 0 Å². The fourth-order valence-electron chi connectivity index (χ4n) is 2.65. The van der Waals surface area contributed by atoms with Gasteiger partial charge in [-0.3, -0.25) is 14.9 Å². The molecule has 1 aromatic heterocycles. The first-order valence-electron chi connectivity index (χ1n) is 7.29. The highest BCUT2D eigenvalue weighted by molar-refractivity contribution is 5.01. The Morgan fingerprint density at radius 1 is 1.37 bits per heavy atom. The van der Waals surface area contributed by atoms with Crippen molar-refractivity contribution in [3.05, 3.63) is 23.8 Å². The number of nitrogens with one attached hydrogen (secondary N) is 1. The first-order chi connectivity index (χ1) is 9.04. The largest absolute Gasteiger partial charge is 0.311 e. The highest BCUT2D eigenvalue weighted by Crippen LogP contribution is 2.15. The molecule has 4 heteroatoms. The monoisotopic (exact) mass is 262 g/mol. The van der Waals surface area contributed by atoms with E-state index in [2.05, 4.69) is 41.0 Å². The lowest BCUT2D eigenvalue weighted by Gasteiger charge is -2.39. The van der Waals surface area contributed by atoms with Crippen molar-refractivity contribution in [3.63, 3.8) is 0 Å². The second-order valence-electron chi connectivity index (χ2n) is 6.16. The third-order valence-electron chi connectivity index (χ3n) is 3.74. The van der Waals surface area contributed by atoms with Crippen molar-refractivity contribution >= 4 is 0 Å². The van der Waals surface area contributed by atoms with E-state index >= 15 is 0 Å². The van der Waals surface area contributed by atoms with E-state index in [0.717, 1.165) is 36.9 Å². The van der Waals surface area contributed by atoms with Gasteiger partial charge in [-0.1, -0.05) is 13.8 Å².